The van der Waals surface area contributed by atoms with Gasteiger partial charge in [-0.2, -0.15) is 0 Å². The molecule has 1 aromatic heterocycles. The maximum atomic E-state index is 3.90. The average Bonchev–Trinajstić information content (AvgIpc) is 2.96. The van der Waals surface area contributed by atoms with Gasteiger partial charge in [-0.05, 0) is 46.5 Å². The van der Waals surface area contributed by atoms with E-state index in [4.69, 9.17) is 0 Å². The number of aryl methyl sites for hydroxylation is 2. The zero-order chi connectivity index (χ0) is 13.2. The summed E-state index contributed by atoms with van der Waals surface area (Å²) in [5.74, 6) is 0.687. The van der Waals surface area contributed by atoms with Gasteiger partial charge in [-0.1, -0.05) is 42.5 Å². The Bertz CT molecular complexity index is 685. The Balaban J connectivity index is 1.96. The van der Waals surface area contributed by atoms with Gasteiger partial charge in [-0.25, -0.2) is 5.10 Å². The van der Waals surface area contributed by atoms with Crippen LogP contribution in [0.25, 0.3) is 22.5 Å². The minimum Gasteiger partial charge on any atom is -0.239 e. The first-order chi connectivity index (χ1) is 9.24. The van der Waals surface area contributed by atoms with Gasteiger partial charge in [0.15, 0.2) is 5.82 Å². The third-order valence-corrected chi connectivity index (χ3v) is 3.34. The molecular weight excluding hydrogens is 236 g/mol. The van der Waals surface area contributed by atoms with Gasteiger partial charge in [-0.3, -0.25) is 0 Å². The standard InChI is InChI=1S/C15H14N4/c1-10-3-4-14(9-11(10)2)12-5-7-13(8-6-12)15-16-18-19-17-15/h3-9H,1-2H3,(H,16,17,18,19). The summed E-state index contributed by atoms with van der Waals surface area (Å²) in [6.07, 6.45) is 0. The van der Waals surface area contributed by atoms with Crippen molar-refractivity contribution in [2.24, 2.45) is 0 Å². The molecule has 0 fully saturated rings. The van der Waals surface area contributed by atoms with Crippen LogP contribution in [-0.2, 0) is 0 Å². The second kappa shape index (κ2) is 4.65. The largest absolute Gasteiger partial charge is 0.239 e. The minimum absolute atomic E-state index is 0.687. The first-order valence-electron chi connectivity index (χ1n) is 6.16. The Morgan fingerprint density at radius 3 is 2.11 bits per heavy atom. The van der Waals surface area contributed by atoms with Crippen molar-refractivity contribution in [1.29, 1.82) is 0 Å². The number of nitrogens with zero attached hydrogens (tertiary/aromatic N) is 3. The van der Waals surface area contributed by atoms with Crippen LogP contribution in [0.2, 0.25) is 0 Å². The molecule has 19 heavy (non-hydrogen) atoms. The number of H-pyrrole nitrogens is 1. The van der Waals surface area contributed by atoms with E-state index in [1.807, 2.05) is 12.1 Å². The van der Waals surface area contributed by atoms with E-state index in [2.05, 4.69) is 64.8 Å². The molecule has 94 valence electrons. The van der Waals surface area contributed by atoms with Crippen molar-refractivity contribution in [1.82, 2.24) is 20.6 Å². The van der Waals surface area contributed by atoms with Gasteiger partial charge in [-0.15, -0.1) is 5.10 Å². The lowest BCUT2D eigenvalue weighted by atomic mass is 9.99. The molecule has 3 aromatic rings. The molecule has 0 amide bonds. The highest BCUT2D eigenvalue weighted by Gasteiger charge is 2.03. The van der Waals surface area contributed by atoms with Crippen LogP contribution in [0, 0.1) is 13.8 Å². The van der Waals surface area contributed by atoms with Crippen molar-refractivity contribution in [3.05, 3.63) is 53.6 Å². The SMILES string of the molecule is Cc1ccc(-c2ccc(-c3nnn[nH]3)cc2)cc1C. The predicted molar refractivity (Wildman–Crippen MR) is 74.5 cm³/mol. The van der Waals surface area contributed by atoms with E-state index in [0.717, 1.165) is 5.56 Å². The van der Waals surface area contributed by atoms with Crippen molar-refractivity contribution in [2.75, 3.05) is 0 Å². The third kappa shape index (κ3) is 2.25. The second-order valence-corrected chi connectivity index (χ2v) is 4.63. The summed E-state index contributed by atoms with van der Waals surface area (Å²) in [7, 11) is 0. The lowest BCUT2D eigenvalue weighted by Crippen LogP contribution is -1.85. The molecule has 1 heterocycles. The smallest absolute Gasteiger partial charge is 0.179 e. The highest BCUT2D eigenvalue weighted by molar-refractivity contribution is 5.68. The fraction of sp³-hybridized carbons (Fsp3) is 0.133. The molecule has 0 saturated heterocycles. The van der Waals surface area contributed by atoms with E-state index in [1.165, 1.54) is 22.3 Å². The highest BCUT2D eigenvalue weighted by Crippen LogP contribution is 2.24. The summed E-state index contributed by atoms with van der Waals surface area (Å²) in [5, 5.41) is 13.8. The Hall–Kier alpha value is -2.49. The molecule has 4 nitrogen and oxygen atoms in total. The maximum Gasteiger partial charge on any atom is 0.179 e. The summed E-state index contributed by atoms with van der Waals surface area (Å²) in [6.45, 7) is 4.26. The van der Waals surface area contributed by atoms with Crippen LogP contribution in [0.5, 0.6) is 0 Å². The summed E-state index contributed by atoms with van der Waals surface area (Å²) in [4.78, 5) is 0. The number of nitrogens with one attached hydrogen (secondary N) is 1. The number of hydrogen-bond acceptors (Lipinski definition) is 3. The molecule has 0 aliphatic carbocycles. The second-order valence-electron chi connectivity index (χ2n) is 4.63. The van der Waals surface area contributed by atoms with Crippen LogP contribution < -0.4 is 0 Å². The van der Waals surface area contributed by atoms with Gasteiger partial charge in [0.1, 0.15) is 0 Å². The van der Waals surface area contributed by atoms with Crippen LogP contribution >= 0.6 is 0 Å². The molecule has 0 spiro atoms. The molecule has 3 rings (SSSR count). The van der Waals surface area contributed by atoms with Gasteiger partial charge in [0.25, 0.3) is 0 Å². The highest BCUT2D eigenvalue weighted by atomic mass is 15.5. The normalized spacial score (nSPS) is 10.6. The number of benzene rings is 2. The van der Waals surface area contributed by atoms with Crippen LogP contribution in [0.1, 0.15) is 11.1 Å². The monoisotopic (exact) mass is 250 g/mol. The summed E-state index contributed by atoms with van der Waals surface area (Å²) in [6, 6.07) is 14.7. The van der Waals surface area contributed by atoms with E-state index in [1.54, 1.807) is 0 Å². The topological polar surface area (TPSA) is 54.5 Å². The predicted octanol–water partition coefficient (Wildman–Crippen LogP) is 3.15. The fourth-order valence-corrected chi connectivity index (χ4v) is 2.02. The molecule has 0 unspecified atom stereocenters. The fourth-order valence-electron chi connectivity index (χ4n) is 2.02. The third-order valence-electron chi connectivity index (χ3n) is 3.34. The van der Waals surface area contributed by atoms with Gasteiger partial charge in [0.05, 0.1) is 0 Å². The first kappa shape index (κ1) is 11.6. The van der Waals surface area contributed by atoms with Crippen molar-refractivity contribution in [3.63, 3.8) is 0 Å². The van der Waals surface area contributed by atoms with Gasteiger partial charge in [0, 0.05) is 5.56 Å². The molecule has 0 bridgehead atoms. The number of aromatic nitrogens is 4. The van der Waals surface area contributed by atoms with Crippen LogP contribution in [0.3, 0.4) is 0 Å². The van der Waals surface area contributed by atoms with E-state index < -0.39 is 0 Å². The number of rotatable bonds is 2. The maximum absolute atomic E-state index is 3.90. The van der Waals surface area contributed by atoms with Crippen LogP contribution in [0.4, 0.5) is 0 Å². The molecule has 2 aromatic carbocycles. The Morgan fingerprint density at radius 1 is 0.789 bits per heavy atom. The Morgan fingerprint density at radius 2 is 1.47 bits per heavy atom. The summed E-state index contributed by atoms with van der Waals surface area (Å²) >= 11 is 0. The van der Waals surface area contributed by atoms with Gasteiger partial charge >= 0.3 is 0 Å². The molecule has 0 aliphatic rings. The first-order valence-corrected chi connectivity index (χ1v) is 6.16. The van der Waals surface area contributed by atoms with E-state index in [0.29, 0.717) is 5.82 Å². The number of tetrazole rings is 1. The molecule has 1 N–H and O–H groups in total. The van der Waals surface area contributed by atoms with Crippen molar-refractivity contribution >= 4 is 0 Å². The van der Waals surface area contributed by atoms with Crippen molar-refractivity contribution in [2.45, 2.75) is 13.8 Å². The Labute approximate surface area is 111 Å². The summed E-state index contributed by atoms with van der Waals surface area (Å²) < 4.78 is 0. The minimum atomic E-state index is 0.687. The molecule has 0 radical (unpaired) electrons. The summed E-state index contributed by atoms with van der Waals surface area (Å²) in [5.41, 5.74) is 6.02. The van der Waals surface area contributed by atoms with Gasteiger partial charge in [0.2, 0.25) is 0 Å². The van der Waals surface area contributed by atoms with Crippen molar-refractivity contribution < 1.29 is 0 Å². The van der Waals surface area contributed by atoms with Crippen LogP contribution in [-0.4, -0.2) is 20.6 Å². The molecule has 0 atom stereocenters. The number of aromatic amines is 1. The molecular formula is C15H14N4. The van der Waals surface area contributed by atoms with Gasteiger partial charge < -0.3 is 0 Å². The molecule has 4 heteroatoms. The lowest BCUT2D eigenvalue weighted by molar-refractivity contribution is 0.881. The van der Waals surface area contributed by atoms with E-state index in [-0.39, 0.29) is 0 Å². The molecule has 0 aliphatic heterocycles. The number of hydrogen-bond donors (Lipinski definition) is 1. The van der Waals surface area contributed by atoms with Crippen molar-refractivity contribution in [3.8, 4) is 22.5 Å². The quantitative estimate of drug-likeness (QED) is 0.760. The Kier molecular flexibility index (Phi) is 2.83. The zero-order valence-corrected chi connectivity index (χ0v) is 10.9. The van der Waals surface area contributed by atoms with E-state index >= 15 is 0 Å². The lowest BCUT2D eigenvalue weighted by Gasteiger charge is -2.06. The van der Waals surface area contributed by atoms with E-state index in [9.17, 15) is 0 Å². The molecule has 0 saturated carbocycles. The zero-order valence-electron chi connectivity index (χ0n) is 10.9. The average molecular weight is 250 g/mol. The van der Waals surface area contributed by atoms with Crippen LogP contribution in [0.15, 0.2) is 42.5 Å².